The van der Waals surface area contributed by atoms with E-state index in [-0.39, 0.29) is 0 Å². The number of nitrogens with one attached hydrogen (secondary N) is 2. The third kappa shape index (κ3) is 4.30. The van der Waals surface area contributed by atoms with Crippen molar-refractivity contribution in [3.8, 4) is 5.88 Å². The summed E-state index contributed by atoms with van der Waals surface area (Å²) >= 11 is 5.97. The quantitative estimate of drug-likeness (QED) is 0.451. The molecule has 0 radical (unpaired) electrons. The number of aryl methyl sites for hydroxylation is 1. The first-order valence-electron chi connectivity index (χ1n) is 9.04. The first kappa shape index (κ1) is 19.1. The molecule has 0 atom stereocenters. The van der Waals surface area contributed by atoms with Crippen LogP contribution in [0, 0.1) is 12.9 Å². The van der Waals surface area contributed by atoms with Gasteiger partial charge in [-0.2, -0.15) is 4.39 Å². The van der Waals surface area contributed by atoms with Crippen molar-refractivity contribution in [3.63, 3.8) is 0 Å². The molecule has 0 unspecified atom stereocenters. The van der Waals surface area contributed by atoms with Gasteiger partial charge in [0.1, 0.15) is 16.6 Å². The van der Waals surface area contributed by atoms with Gasteiger partial charge in [-0.1, -0.05) is 17.7 Å². The number of H-pyrrole nitrogens is 1. The van der Waals surface area contributed by atoms with Crippen LogP contribution in [-0.4, -0.2) is 27.0 Å². The molecule has 4 rings (SSSR count). The maximum absolute atomic E-state index is 14.6. The Bertz CT molecular complexity index is 1180. The number of anilines is 1. The lowest BCUT2D eigenvalue weighted by Gasteiger charge is -2.09. The molecule has 0 aliphatic carbocycles. The molecule has 2 N–H and O–H groups in total. The number of halogens is 2. The van der Waals surface area contributed by atoms with Crippen molar-refractivity contribution in [1.29, 1.82) is 0 Å². The van der Waals surface area contributed by atoms with E-state index < -0.39 is 5.95 Å². The molecule has 148 valence electrons. The zero-order chi connectivity index (χ0) is 20.4. The van der Waals surface area contributed by atoms with Gasteiger partial charge < -0.3 is 15.0 Å². The van der Waals surface area contributed by atoms with Crippen LogP contribution in [0.25, 0.3) is 11.0 Å². The summed E-state index contributed by atoms with van der Waals surface area (Å²) < 4.78 is 19.7. The summed E-state index contributed by atoms with van der Waals surface area (Å²) in [7, 11) is 1.52. The van der Waals surface area contributed by atoms with Crippen molar-refractivity contribution in [1.82, 2.24) is 19.9 Å². The summed E-state index contributed by atoms with van der Waals surface area (Å²) in [6.07, 6.45) is 4.10. The Hall–Kier alpha value is -3.19. The second kappa shape index (κ2) is 8.05. The monoisotopic (exact) mass is 411 g/mol. The Morgan fingerprint density at radius 2 is 2.03 bits per heavy atom. The highest BCUT2D eigenvalue weighted by Crippen LogP contribution is 2.23. The number of pyridine rings is 3. The smallest absolute Gasteiger partial charge is 0.218 e. The summed E-state index contributed by atoms with van der Waals surface area (Å²) in [5.74, 6) is 0.358. The van der Waals surface area contributed by atoms with Crippen LogP contribution in [0.2, 0.25) is 5.15 Å². The molecule has 0 saturated carbocycles. The van der Waals surface area contributed by atoms with Crippen LogP contribution >= 0.6 is 11.6 Å². The lowest BCUT2D eigenvalue weighted by molar-refractivity contribution is 0.397. The van der Waals surface area contributed by atoms with Gasteiger partial charge in [0.15, 0.2) is 0 Å². The zero-order valence-corrected chi connectivity index (χ0v) is 16.7. The minimum Gasteiger partial charge on any atom is -0.481 e. The lowest BCUT2D eigenvalue weighted by Crippen LogP contribution is -2.05. The fourth-order valence-electron chi connectivity index (χ4n) is 3.13. The molecule has 0 aromatic carbocycles. The van der Waals surface area contributed by atoms with Gasteiger partial charge in [-0.3, -0.25) is 0 Å². The van der Waals surface area contributed by atoms with E-state index in [4.69, 9.17) is 16.3 Å². The van der Waals surface area contributed by atoms with Crippen molar-refractivity contribution >= 4 is 28.5 Å². The van der Waals surface area contributed by atoms with Crippen LogP contribution in [-0.2, 0) is 13.0 Å². The second-order valence-corrected chi connectivity index (χ2v) is 7.13. The second-order valence-electron chi connectivity index (χ2n) is 6.74. The van der Waals surface area contributed by atoms with Gasteiger partial charge in [0.05, 0.1) is 7.11 Å². The number of fused-ring (bicyclic) bond motifs is 1. The molecule has 4 heterocycles. The molecule has 4 aromatic heterocycles. The normalized spacial score (nSPS) is 11.0. The van der Waals surface area contributed by atoms with Gasteiger partial charge in [-0.15, -0.1) is 0 Å². The Kier molecular flexibility index (Phi) is 5.31. The van der Waals surface area contributed by atoms with E-state index in [1.165, 1.54) is 7.11 Å². The van der Waals surface area contributed by atoms with Crippen LogP contribution in [0.4, 0.5) is 10.2 Å². The van der Waals surface area contributed by atoms with E-state index in [0.717, 1.165) is 27.7 Å². The summed E-state index contributed by atoms with van der Waals surface area (Å²) in [6, 6.07) is 9.03. The third-order valence-electron chi connectivity index (χ3n) is 4.57. The van der Waals surface area contributed by atoms with Gasteiger partial charge >= 0.3 is 0 Å². The average molecular weight is 412 g/mol. The van der Waals surface area contributed by atoms with E-state index >= 15 is 0 Å². The molecule has 0 saturated heterocycles. The molecular weight excluding hydrogens is 393 g/mol. The van der Waals surface area contributed by atoms with Crippen molar-refractivity contribution in [3.05, 3.63) is 76.1 Å². The maximum Gasteiger partial charge on any atom is 0.218 e. The fourth-order valence-corrected chi connectivity index (χ4v) is 3.35. The van der Waals surface area contributed by atoms with Crippen LogP contribution < -0.4 is 10.1 Å². The molecule has 0 bridgehead atoms. The standard InChI is InChI=1S/C21H19ClFN5O/c1-12-5-16-15(11-26-21(16)25-9-12)8-14-3-4-18(28-20(14)23)24-10-13-6-17(22)27-19(7-13)29-2/h3-7,9,11H,8,10H2,1-2H3,(H,24,28)(H,25,26). The van der Waals surface area contributed by atoms with Gasteiger partial charge in [0, 0.05) is 42.4 Å². The predicted octanol–water partition coefficient (Wildman–Crippen LogP) is 4.67. The Labute approximate surface area is 172 Å². The van der Waals surface area contributed by atoms with Gasteiger partial charge in [-0.05, 0) is 41.8 Å². The molecule has 0 fully saturated rings. The summed E-state index contributed by atoms with van der Waals surface area (Å²) in [5.41, 5.74) is 4.21. The topological polar surface area (TPSA) is 75.7 Å². The first-order valence-corrected chi connectivity index (χ1v) is 9.42. The fraction of sp³-hybridized carbons (Fsp3) is 0.190. The van der Waals surface area contributed by atoms with Gasteiger partial charge in [-0.25, -0.2) is 15.0 Å². The van der Waals surface area contributed by atoms with Crippen LogP contribution in [0.5, 0.6) is 5.88 Å². The first-order chi connectivity index (χ1) is 14.0. The van der Waals surface area contributed by atoms with Crippen LogP contribution in [0.3, 0.4) is 0 Å². The number of hydrogen-bond acceptors (Lipinski definition) is 5. The Balaban J connectivity index is 1.49. The Morgan fingerprint density at radius 1 is 1.17 bits per heavy atom. The molecule has 0 spiro atoms. The summed E-state index contributed by atoms with van der Waals surface area (Å²) in [6.45, 7) is 2.40. The number of aromatic amines is 1. The molecule has 6 nitrogen and oxygen atoms in total. The SMILES string of the molecule is COc1cc(CNc2ccc(Cc3c[nH]c4ncc(C)cc34)c(F)n2)cc(Cl)n1. The number of nitrogens with zero attached hydrogens (tertiary/aromatic N) is 3. The Morgan fingerprint density at radius 3 is 2.83 bits per heavy atom. The van der Waals surface area contributed by atoms with Crippen molar-refractivity contribution < 1.29 is 9.13 Å². The number of ether oxygens (including phenoxy) is 1. The minimum atomic E-state index is -0.504. The van der Waals surface area contributed by atoms with Crippen LogP contribution in [0.15, 0.2) is 42.7 Å². The average Bonchev–Trinajstić information content (AvgIpc) is 3.09. The van der Waals surface area contributed by atoms with E-state index in [1.807, 2.05) is 19.2 Å². The molecule has 4 aromatic rings. The highest BCUT2D eigenvalue weighted by molar-refractivity contribution is 6.29. The highest BCUT2D eigenvalue weighted by Gasteiger charge is 2.11. The molecule has 0 amide bonds. The van der Waals surface area contributed by atoms with E-state index in [9.17, 15) is 4.39 Å². The van der Waals surface area contributed by atoms with E-state index in [0.29, 0.717) is 35.4 Å². The van der Waals surface area contributed by atoms with E-state index in [2.05, 4.69) is 25.3 Å². The summed E-state index contributed by atoms with van der Waals surface area (Å²) in [4.78, 5) is 15.6. The lowest BCUT2D eigenvalue weighted by atomic mass is 10.1. The minimum absolute atomic E-state index is 0.332. The predicted molar refractivity (Wildman–Crippen MR) is 111 cm³/mol. The number of rotatable bonds is 6. The van der Waals surface area contributed by atoms with Crippen molar-refractivity contribution in [2.45, 2.75) is 19.9 Å². The summed E-state index contributed by atoms with van der Waals surface area (Å²) in [5, 5.41) is 4.42. The van der Waals surface area contributed by atoms with Crippen LogP contribution in [0.1, 0.15) is 22.3 Å². The zero-order valence-electron chi connectivity index (χ0n) is 16.0. The molecular formula is C21H19ClFN5O. The molecule has 8 heteroatoms. The van der Waals surface area contributed by atoms with Crippen molar-refractivity contribution in [2.24, 2.45) is 0 Å². The van der Waals surface area contributed by atoms with Gasteiger partial charge in [0.2, 0.25) is 11.8 Å². The highest BCUT2D eigenvalue weighted by atomic mass is 35.5. The molecule has 29 heavy (non-hydrogen) atoms. The number of hydrogen-bond donors (Lipinski definition) is 2. The van der Waals surface area contributed by atoms with Gasteiger partial charge in [0.25, 0.3) is 0 Å². The third-order valence-corrected chi connectivity index (χ3v) is 4.77. The van der Waals surface area contributed by atoms with Crippen molar-refractivity contribution in [2.75, 3.05) is 12.4 Å². The largest absolute Gasteiger partial charge is 0.481 e. The number of aromatic nitrogens is 4. The maximum atomic E-state index is 14.6. The number of methoxy groups -OCH3 is 1. The molecule has 0 aliphatic heterocycles. The van der Waals surface area contributed by atoms with E-state index in [1.54, 1.807) is 30.5 Å². The molecule has 0 aliphatic rings.